The number of ether oxygens (including phenoxy) is 1. The molecule has 0 amide bonds. The molecule has 15 heavy (non-hydrogen) atoms. The molecule has 2 N–H and O–H groups in total. The van der Waals surface area contributed by atoms with Crippen molar-refractivity contribution in [3.8, 4) is 0 Å². The lowest BCUT2D eigenvalue weighted by molar-refractivity contribution is 0.116. The second-order valence-corrected chi connectivity index (χ2v) is 4.55. The van der Waals surface area contributed by atoms with Crippen molar-refractivity contribution in [2.45, 2.75) is 32.7 Å². The molecule has 0 aromatic rings. The van der Waals surface area contributed by atoms with Gasteiger partial charge >= 0.3 is 0 Å². The number of guanidine groups is 1. The minimum absolute atomic E-state index is 0.584. The van der Waals surface area contributed by atoms with E-state index in [0.29, 0.717) is 31.1 Å². The lowest BCUT2D eigenvalue weighted by Crippen LogP contribution is -2.36. The standard InChI is InChI=1S/C11H23N3O/c1-9(2)8-15-7-6-13-11(12)14(3)10-4-5-10/h9-10H,4-8H2,1-3H3,(H2,12,13). The first-order valence-corrected chi connectivity index (χ1v) is 5.71. The minimum atomic E-state index is 0.584. The zero-order valence-electron chi connectivity index (χ0n) is 10.1. The molecule has 4 heteroatoms. The van der Waals surface area contributed by atoms with Crippen molar-refractivity contribution in [3.05, 3.63) is 0 Å². The maximum absolute atomic E-state index is 5.82. The minimum Gasteiger partial charge on any atom is -0.379 e. The van der Waals surface area contributed by atoms with E-state index in [9.17, 15) is 0 Å². The number of nitrogens with two attached hydrogens (primary N) is 1. The van der Waals surface area contributed by atoms with Gasteiger partial charge in [0.2, 0.25) is 0 Å². The van der Waals surface area contributed by atoms with Gasteiger partial charge in [-0.2, -0.15) is 0 Å². The van der Waals surface area contributed by atoms with Crippen LogP contribution in [0.1, 0.15) is 26.7 Å². The molecule has 0 unspecified atom stereocenters. The Morgan fingerprint density at radius 1 is 1.53 bits per heavy atom. The topological polar surface area (TPSA) is 50.9 Å². The number of aliphatic imine (C=N–C) groups is 1. The Labute approximate surface area is 92.5 Å². The molecular formula is C11H23N3O. The molecule has 0 atom stereocenters. The van der Waals surface area contributed by atoms with E-state index in [1.807, 2.05) is 7.05 Å². The van der Waals surface area contributed by atoms with Crippen LogP contribution in [-0.2, 0) is 4.74 Å². The van der Waals surface area contributed by atoms with Crippen LogP contribution < -0.4 is 5.73 Å². The maximum Gasteiger partial charge on any atom is 0.191 e. The smallest absolute Gasteiger partial charge is 0.191 e. The van der Waals surface area contributed by atoms with Gasteiger partial charge in [-0.1, -0.05) is 13.8 Å². The average molecular weight is 213 g/mol. The second kappa shape index (κ2) is 5.95. The summed E-state index contributed by atoms with van der Waals surface area (Å²) in [5.41, 5.74) is 5.82. The van der Waals surface area contributed by atoms with Gasteiger partial charge in [-0.25, -0.2) is 0 Å². The van der Waals surface area contributed by atoms with Gasteiger partial charge in [-0.3, -0.25) is 4.99 Å². The summed E-state index contributed by atoms with van der Waals surface area (Å²) in [4.78, 5) is 6.34. The lowest BCUT2D eigenvalue weighted by atomic mass is 10.2. The van der Waals surface area contributed by atoms with Gasteiger partial charge < -0.3 is 15.4 Å². The highest BCUT2D eigenvalue weighted by Gasteiger charge is 2.27. The Morgan fingerprint density at radius 3 is 2.73 bits per heavy atom. The fourth-order valence-electron chi connectivity index (χ4n) is 1.30. The third-order valence-corrected chi connectivity index (χ3v) is 2.42. The summed E-state index contributed by atoms with van der Waals surface area (Å²) in [6.07, 6.45) is 2.49. The Hall–Kier alpha value is -0.770. The van der Waals surface area contributed by atoms with Crippen LogP contribution in [0.5, 0.6) is 0 Å². The van der Waals surface area contributed by atoms with Crippen LogP contribution in [0, 0.1) is 5.92 Å². The first kappa shape index (κ1) is 12.3. The van der Waals surface area contributed by atoms with E-state index in [2.05, 4.69) is 23.7 Å². The number of hydrogen-bond acceptors (Lipinski definition) is 2. The Kier molecular flexibility index (Phi) is 4.88. The largest absolute Gasteiger partial charge is 0.379 e. The van der Waals surface area contributed by atoms with Crippen molar-refractivity contribution in [1.82, 2.24) is 4.90 Å². The monoisotopic (exact) mass is 213 g/mol. The van der Waals surface area contributed by atoms with E-state index in [-0.39, 0.29) is 0 Å². The predicted octanol–water partition coefficient (Wildman–Crippen LogP) is 1.07. The summed E-state index contributed by atoms with van der Waals surface area (Å²) < 4.78 is 5.42. The first-order chi connectivity index (χ1) is 7.11. The van der Waals surface area contributed by atoms with Crippen LogP contribution in [-0.4, -0.2) is 43.7 Å². The van der Waals surface area contributed by atoms with Gasteiger partial charge in [0, 0.05) is 19.7 Å². The van der Waals surface area contributed by atoms with Gasteiger partial charge in [-0.15, -0.1) is 0 Å². The summed E-state index contributed by atoms with van der Waals surface area (Å²) >= 11 is 0. The molecule has 1 saturated carbocycles. The number of hydrogen-bond donors (Lipinski definition) is 1. The Bertz CT molecular complexity index is 212. The summed E-state index contributed by atoms with van der Waals surface area (Å²) in [6.45, 7) is 6.40. The molecule has 1 rings (SSSR count). The molecule has 0 aliphatic heterocycles. The van der Waals surface area contributed by atoms with E-state index in [4.69, 9.17) is 10.5 Å². The van der Waals surface area contributed by atoms with Crippen molar-refractivity contribution in [2.75, 3.05) is 26.8 Å². The molecule has 88 valence electrons. The number of nitrogens with zero attached hydrogens (tertiary/aromatic N) is 2. The van der Waals surface area contributed by atoms with Crippen molar-refractivity contribution in [3.63, 3.8) is 0 Å². The van der Waals surface area contributed by atoms with E-state index >= 15 is 0 Å². The Morgan fingerprint density at radius 2 is 2.20 bits per heavy atom. The highest BCUT2D eigenvalue weighted by atomic mass is 16.5. The summed E-state index contributed by atoms with van der Waals surface area (Å²) in [6, 6.07) is 0.630. The summed E-state index contributed by atoms with van der Waals surface area (Å²) in [5.74, 6) is 1.23. The quantitative estimate of drug-likeness (QED) is 0.408. The third kappa shape index (κ3) is 5.02. The molecule has 0 radical (unpaired) electrons. The normalized spacial score (nSPS) is 17.2. The molecule has 0 aromatic carbocycles. The van der Waals surface area contributed by atoms with Crippen LogP contribution in [0.25, 0.3) is 0 Å². The van der Waals surface area contributed by atoms with E-state index < -0.39 is 0 Å². The fourth-order valence-corrected chi connectivity index (χ4v) is 1.30. The zero-order valence-corrected chi connectivity index (χ0v) is 10.1. The molecule has 0 heterocycles. The predicted molar refractivity (Wildman–Crippen MR) is 62.9 cm³/mol. The summed E-state index contributed by atoms with van der Waals surface area (Å²) in [7, 11) is 2.01. The highest BCUT2D eigenvalue weighted by Crippen LogP contribution is 2.24. The van der Waals surface area contributed by atoms with E-state index in [1.54, 1.807) is 0 Å². The molecule has 0 saturated heterocycles. The van der Waals surface area contributed by atoms with Crippen LogP contribution >= 0.6 is 0 Å². The van der Waals surface area contributed by atoms with Crippen molar-refractivity contribution in [2.24, 2.45) is 16.6 Å². The van der Waals surface area contributed by atoms with Gasteiger partial charge in [0.25, 0.3) is 0 Å². The molecule has 0 aromatic heterocycles. The Balaban J connectivity index is 2.08. The fraction of sp³-hybridized carbons (Fsp3) is 0.909. The lowest BCUT2D eigenvalue weighted by Gasteiger charge is -2.16. The van der Waals surface area contributed by atoms with E-state index in [0.717, 1.165) is 6.61 Å². The third-order valence-electron chi connectivity index (χ3n) is 2.42. The number of rotatable bonds is 6. The van der Waals surface area contributed by atoms with Gasteiger partial charge in [0.05, 0.1) is 13.2 Å². The SMILES string of the molecule is CC(C)COCCN=C(N)N(C)C1CC1. The molecule has 0 spiro atoms. The van der Waals surface area contributed by atoms with Crippen LogP contribution in [0.3, 0.4) is 0 Å². The van der Waals surface area contributed by atoms with Crippen LogP contribution in [0.4, 0.5) is 0 Å². The van der Waals surface area contributed by atoms with Crippen molar-refractivity contribution >= 4 is 5.96 Å². The van der Waals surface area contributed by atoms with Crippen LogP contribution in [0.15, 0.2) is 4.99 Å². The highest BCUT2D eigenvalue weighted by molar-refractivity contribution is 5.78. The van der Waals surface area contributed by atoms with Crippen LogP contribution in [0.2, 0.25) is 0 Å². The molecule has 1 aliphatic rings. The molecular weight excluding hydrogens is 190 g/mol. The molecule has 1 fully saturated rings. The molecule has 1 aliphatic carbocycles. The van der Waals surface area contributed by atoms with Gasteiger partial charge in [0.15, 0.2) is 5.96 Å². The summed E-state index contributed by atoms with van der Waals surface area (Å²) in [5, 5.41) is 0. The maximum atomic E-state index is 5.82. The van der Waals surface area contributed by atoms with Gasteiger partial charge in [0.1, 0.15) is 0 Å². The zero-order chi connectivity index (χ0) is 11.3. The first-order valence-electron chi connectivity index (χ1n) is 5.71. The molecule has 0 bridgehead atoms. The van der Waals surface area contributed by atoms with Gasteiger partial charge in [-0.05, 0) is 18.8 Å². The van der Waals surface area contributed by atoms with Crippen molar-refractivity contribution in [1.29, 1.82) is 0 Å². The molecule has 4 nitrogen and oxygen atoms in total. The average Bonchev–Trinajstić information content (AvgIpc) is 2.98. The van der Waals surface area contributed by atoms with E-state index in [1.165, 1.54) is 12.8 Å². The van der Waals surface area contributed by atoms with Crippen molar-refractivity contribution < 1.29 is 4.74 Å². The second-order valence-electron chi connectivity index (χ2n) is 4.55.